The number of methoxy groups -OCH3 is 1. The Hall–Kier alpha value is -1.02. The second-order valence-corrected chi connectivity index (χ2v) is 3.72. The molecule has 0 aliphatic heterocycles. The average molecular weight is 227 g/mol. The number of aldehydes is 1. The Bertz CT molecular complexity index is 348. The number of halogens is 1. The predicted octanol–water partition coefficient (Wildman–Crippen LogP) is 3.04. The Morgan fingerprint density at radius 1 is 1.47 bits per heavy atom. The van der Waals surface area contributed by atoms with Crippen molar-refractivity contribution < 1.29 is 9.53 Å². The van der Waals surface area contributed by atoms with Gasteiger partial charge in [-0.2, -0.15) is 0 Å². The van der Waals surface area contributed by atoms with E-state index < -0.39 is 0 Å². The molecule has 0 N–H and O–H groups in total. The summed E-state index contributed by atoms with van der Waals surface area (Å²) in [6.45, 7) is 2.04. The Labute approximate surface area is 95.2 Å². The molecule has 1 aromatic rings. The van der Waals surface area contributed by atoms with Crippen molar-refractivity contribution >= 4 is 17.9 Å². The summed E-state index contributed by atoms with van der Waals surface area (Å²) in [4.78, 5) is 10.3. The molecule has 15 heavy (non-hydrogen) atoms. The molecule has 0 unspecified atom stereocenters. The lowest BCUT2D eigenvalue weighted by atomic mass is 10.0. The third-order valence-electron chi connectivity index (χ3n) is 2.34. The molecule has 0 fully saturated rings. The van der Waals surface area contributed by atoms with E-state index in [1.54, 1.807) is 7.11 Å². The van der Waals surface area contributed by atoms with Crippen molar-refractivity contribution in [3.05, 3.63) is 28.3 Å². The lowest BCUT2D eigenvalue weighted by Gasteiger charge is -2.11. The maximum absolute atomic E-state index is 10.3. The molecule has 2 nitrogen and oxygen atoms in total. The maximum Gasteiger partial charge on any atom is 0.123 e. The smallest absolute Gasteiger partial charge is 0.123 e. The van der Waals surface area contributed by atoms with E-state index in [4.69, 9.17) is 16.3 Å². The highest BCUT2D eigenvalue weighted by Gasteiger charge is 2.08. The van der Waals surface area contributed by atoms with E-state index in [9.17, 15) is 4.79 Å². The zero-order chi connectivity index (χ0) is 11.3. The minimum absolute atomic E-state index is 0.519. The molecule has 0 saturated heterocycles. The van der Waals surface area contributed by atoms with Crippen LogP contribution >= 0.6 is 11.6 Å². The Kier molecular flexibility index (Phi) is 4.63. The minimum atomic E-state index is 0.519. The van der Waals surface area contributed by atoms with Gasteiger partial charge in [-0.1, -0.05) is 18.5 Å². The van der Waals surface area contributed by atoms with Gasteiger partial charge in [0.2, 0.25) is 0 Å². The van der Waals surface area contributed by atoms with Crippen molar-refractivity contribution in [2.45, 2.75) is 26.2 Å². The lowest BCUT2D eigenvalue weighted by molar-refractivity contribution is -0.107. The summed E-state index contributed by atoms with van der Waals surface area (Å²) in [5.74, 6) is 0.811. The quantitative estimate of drug-likeness (QED) is 0.722. The van der Waals surface area contributed by atoms with Crippen LogP contribution in [0.25, 0.3) is 0 Å². The molecule has 0 aliphatic rings. The van der Waals surface area contributed by atoms with Crippen LogP contribution in [0.4, 0.5) is 0 Å². The molecule has 82 valence electrons. The van der Waals surface area contributed by atoms with Gasteiger partial charge in [0.15, 0.2) is 0 Å². The van der Waals surface area contributed by atoms with E-state index in [2.05, 4.69) is 0 Å². The largest absolute Gasteiger partial charge is 0.496 e. The molecule has 0 heterocycles. The van der Waals surface area contributed by atoms with Crippen LogP contribution in [-0.4, -0.2) is 13.4 Å². The zero-order valence-electron chi connectivity index (χ0n) is 9.05. The molecular formula is C12H15ClO2. The number of carbonyl (C=O) groups is 1. The van der Waals surface area contributed by atoms with Gasteiger partial charge in [0.25, 0.3) is 0 Å². The van der Waals surface area contributed by atoms with Crippen molar-refractivity contribution in [2.24, 2.45) is 0 Å². The van der Waals surface area contributed by atoms with E-state index in [0.29, 0.717) is 12.8 Å². The van der Waals surface area contributed by atoms with E-state index >= 15 is 0 Å². The number of aryl methyl sites for hydroxylation is 1. The molecule has 0 aromatic heterocycles. The van der Waals surface area contributed by atoms with E-state index in [1.807, 2.05) is 19.1 Å². The van der Waals surface area contributed by atoms with Crippen LogP contribution in [0.5, 0.6) is 5.75 Å². The van der Waals surface area contributed by atoms with Gasteiger partial charge in [0.1, 0.15) is 12.0 Å². The van der Waals surface area contributed by atoms with Crippen molar-refractivity contribution in [1.29, 1.82) is 0 Å². The monoisotopic (exact) mass is 226 g/mol. The number of carbonyl (C=O) groups excluding carboxylic acids is 1. The van der Waals surface area contributed by atoms with Crippen molar-refractivity contribution in [2.75, 3.05) is 7.11 Å². The summed E-state index contributed by atoms with van der Waals surface area (Å²) >= 11 is 6.12. The first kappa shape index (κ1) is 12.1. The van der Waals surface area contributed by atoms with E-state index in [-0.39, 0.29) is 0 Å². The van der Waals surface area contributed by atoms with E-state index in [1.165, 1.54) is 0 Å². The summed E-state index contributed by atoms with van der Waals surface area (Å²) in [6, 6.07) is 3.86. The molecule has 1 rings (SSSR count). The van der Waals surface area contributed by atoms with Crippen LogP contribution in [0.3, 0.4) is 0 Å². The fourth-order valence-electron chi connectivity index (χ4n) is 1.56. The van der Waals surface area contributed by atoms with Gasteiger partial charge in [0.05, 0.1) is 7.11 Å². The third kappa shape index (κ3) is 2.96. The Morgan fingerprint density at radius 3 is 2.73 bits per heavy atom. The molecule has 3 heteroatoms. The summed E-state index contributed by atoms with van der Waals surface area (Å²) < 4.78 is 5.26. The summed E-state index contributed by atoms with van der Waals surface area (Å²) in [5.41, 5.74) is 2.06. The standard InChI is InChI=1S/C12H15ClO2/c1-3-10-11(13)7-9(5-4-6-14)8-12(10)15-2/h6-8H,3-5H2,1-2H3. The first-order chi connectivity index (χ1) is 7.22. The second kappa shape index (κ2) is 5.76. The maximum atomic E-state index is 10.3. The highest BCUT2D eigenvalue weighted by molar-refractivity contribution is 6.31. The van der Waals surface area contributed by atoms with Gasteiger partial charge >= 0.3 is 0 Å². The molecule has 0 bridgehead atoms. The predicted molar refractivity (Wildman–Crippen MR) is 61.8 cm³/mol. The number of hydrogen-bond acceptors (Lipinski definition) is 2. The molecule has 1 aromatic carbocycles. The van der Waals surface area contributed by atoms with Crippen LogP contribution in [0.15, 0.2) is 12.1 Å². The van der Waals surface area contributed by atoms with Gasteiger partial charge in [-0.25, -0.2) is 0 Å². The number of hydrogen-bond donors (Lipinski definition) is 0. The fourth-order valence-corrected chi connectivity index (χ4v) is 1.93. The van der Waals surface area contributed by atoms with E-state index in [0.717, 1.165) is 34.6 Å². The van der Waals surface area contributed by atoms with Crippen LogP contribution < -0.4 is 4.74 Å². The Balaban J connectivity index is 3.02. The SMILES string of the molecule is CCc1c(Cl)cc(CCC=O)cc1OC. The molecule has 0 spiro atoms. The normalized spacial score (nSPS) is 10.1. The first-order valence-electron chi connectivity index (χ1n) is 5.01. The number of ether oxygens (including phenoxy) is 1. The minimum Gasteiger partial charge on any atom is -0.496 e. The van der Waals surface area contributed by atoms with Crippen LogP contribution in [-0.2, 0) is 17.6 Å². The highest BCUT2D eigenvalue weighted by atomic mass is 35.5. The molecule has 0 amide bonds. The topological polar surface area (TPSA) is 26.3 Å². The highest BCUT2D eigenvalue weighted by Crippen LogP contribution is 2.29. The fraction of sp³-hybridized carbons (Fsp3) is 0.417. The Morgan fingerprint density at radius 2 is 2.20 bits per heavy atom. The summed E-state index contributed by atoms with van der Waals surface area (Å²) in [7, 11) is 1.63. The number of benzene rings is 1. The van der Waals surface area contributed by atoms with Gasteiger partial charge < -0.3 is 9.53 Å². The van der Waals surface area contributed by atoms with Crippen molar-refractivity contribution in [3.63, 3.8) is 0 Å². The molecular weight excluding hydrogens is 212 g/mol. The van der Waals surface area contributed by atoms with Gasteiger partial charge in [0, 0.05) is 17.0 Å². The summed E-state index contributed by atoms with van der Waals surface area (Å²) in [5, 5.41) is 0.720. The lowest BCUT2D eigenvalue weighted by Crippen LogP contribution is -1.95. The van der Waals surface area contributed by atoms with Gasteiger partial charge in [-0.05, 0) is 30.5 Å². The molecule has 0 atom stereocenters. The summed E-state index contributed by atoms with van der Waals surface area (Å²) in [6.07, 6.45) is 2.98. The van der Waals surface area contributed by atoms with Gasteiger partial charge in [-0.15, -0.1) is 0 Å². The first-order valence-corrected chi connectivity index (χ1v) is 5.39. The molecule has 0 aliphatic carbocycles. The third-order valence-corrected chi connectivity index (χ3v) is 2.68. The van der Waals surface area contributed by atoms with Crippen molar-refractivity contribution in [3.8, 4) is 5.75 Å². The molecule has 0 saturated carbocycles. The van der Waals surface area contributed by atoms with Crippen LogP contribution in [0.1, 0.15) is 24.5 Å². The second-order valence-electron chi connectivity index (χ2n) is 3.32. The van der Waals surface area contributed by atoms with Crippen LogP contribution in [0, 0.1) is 0 Å². The molecule has 0 radical (unpaired) electrons. The van der Waals surface area contributed by atoms with Crippen molar-refractivity contribution in [1.82, 2.24) is 0 Å². The number of rotatable bonds is 5. The van der Waals surface area contributed by atoms with Crippen LogP contribution in [0.2, 0.25) is 5.02 Å². The average Bonchev–Trinajstić information content (AvgIpc) is 2.25. The zero-order valence-corrected chi connectivity index (χ0v) is 9.80. The van der Waals surface area contributed by atoms with Gasteiger partial charge in [-0.3, -0.25) is 0 Å².